The van der Waals surface area contributed by atoms with Crippen LogP contribution in [0.4, 0.5) is 5.69 Å². The third-order valence-corrected chi connectivity index (χ3v) is 5.37. The normalized spacial score (nSPS) is 12.7. The molecule has 162 valence electrons. The summed E-state index contributed by atoms with van der Waals surface area (Å²) in [5.41, 5.74) is 2.93. The number of imide groups is 1. The molecule has 0 saturated heterocycles. The third-order valence-electron chi connectivity index (χ3n) is 5.37. The molecule has 3 aromatic rings. The first-order chi connectivity index (χ1) is 15.5. The quantitative estimate of drug-likeness (QED) is 0.624. The molecule has 3 aromatic carbocycles. The molecule has 0 atom stereocenters. The number of anilines is 1. The van der Waals surface area contributed by atoms with Crippen molar-refractivity contribution >= 4 is 23.4 Å². The Morgan fingerprint density at radius 2 is 1.47 bits per heavy atom. The molecule has 1 aliphatic heterocycles. The molecule has 0 bridgehead atoms. The largest absolute Gasteiger partial charge is 0.496 e. The van der Waals surface area contributed by atoms with Crippen molar-refractivity contribution in [2.24, 2.45) is 0 Å². The van der Waals surface area contributed by atoms with Gasteiger partial charge >= 0.3 is 0 Å². The van der Waals surface area contributed by atoms with Crippen molar-refractivity contribution in [1.82, 2.24) is 4.90 Å². The zero-order chi connectivity index (χ0) is 22.7. The molecular weight excluding hydrogens is 408 g/mol. The predicted octanol–water partition coefficient (Wildman–Crippen LogP) is 3.68. The average Bonchev–Trinajstić information content (AvgIpc) is 2.83. The van der Waals surface area contributed by atoms with Crippen molar-refractivity contribution in [3.05, 3.63) is 89.0 Å². The van der Waals surface area contributed by atoms with E-state index in [1.54, 1.807) is 66.7 Å². The Labute approximate surface area is 185 Å². The van der Waals surface area contributed by atoms with Gasteiger partial charge in [-0.1, -0.05) is 30.3 Å². The van der Waals surface area contributed by atoms with Gasteiger partial charge in [-0.3, -0.25) is 19.3 Å². The fourth-order valence-electron chi connectivity index (χ4n) is 3.72. The number of carbonyl (C=O) groups excluding carboxylic acids is 3. The lowest BCUT2D eigenvalue weighted by atomic mass is 9.97. The second kappa shape index (κ2) is 8.93. The Balaban J connectivity index is 1.57. The average molecular weight is 430 g/mol. The van der Waals surface area contributed by atoms with Gasteiger partial charge in [0.15, 0.2) is 0 Å². The summed E-state index contributed by atoms with van der Waals surface area (Å²) in [6.07, 6.45) is 0.108. The van der Waals surface area contributed by atoms with E-state index in [4.69, 9.17) is 9.47 Å². The van der Waals surface area contributed by atoms with Gasteiger partial charge in [0, 0.05) is 5.69 Å². The molecule has 7 heteroatoms. The molecule has 1 N–H and O–H groups in total. The Bertz CT molecular complexity index is 1200. The standard InChI is InChI=1S/C25H22N2O5/c1-31-21-9-5-3-7-19(21)24(29)26-18-12-11-16-14-23(28)27(15-17(16)13-18)25(30)20-8-4-6-10-22(20)32-2/h3-13H,14-15H2,1-2H3,(H,26,29). The van der Waals surface area contributed by atoms with Crippen LogP contribution in [-0.4, -0.2) is 36.8 Å². The molecule has 1 aliphatic rings. The van der Waals surface area contributed by atoms with Crippen molar-refractivity contribution in [3.8, 4) is 11.5 Å². The van der Waals surface area contributed by atoms with Crippen LogP contribution in [-0.2, 0) is 17.8 Å². The number of hydrogen-bond acceptors (Lipinski definition) is 5. The number of fused-ring (bicyclic) bond motifs is 1. The topological polar surface area (TPSA) is 84.9 Å². The summed E-state index contributed by atoms with van der Waals surface area (Å²) >= 11 is 0. The number of methoxy groups -OCH3 is 2. The maximum absolute atomic E-state index is 13.1. The molecule has 0 saturated carbocycles. The van der Waals surface area contributed by atoms with Gasteiger partial charge < -0.3 is 14.8 Å². The summed E-state index contributed by atoms with van der Waals surface area (Å²) in [6.45, 7) is 0.115. The molecule has 0 aromatic heterocycles. The zero-order valence-electron chi connectivity index (χ0n) is 17.8. The fourth-order valence-corrected chi connectivity index (χ4v) is 3.72. The Kier molecular flexibility index (Phi) is 5.89. The summed E-state index contributed by atoms with van der Waals surface area (Å²) in [6, 6.07) is 19.1. The molecule has 1 heterocycles. The van der Waals surface area contributed by atoms with E-state index in [0.29, 0.717) is 28.3 Å². The predicted molar refractivity (Wildman–Crippen MR) is 119 cm³/mol. The number of amides is 3. The highest BCUT2D eigenvalue weighted by Crippen LogP contribution is 2.27. The van der Waals surface area contributed by atoms with E-state index in [-0.39, 0.29) is 24.8 Å². The SMILES string of the molecule is COc1ccccc1C(=O)Nc1ccc2c(c1)CN(C(=O)c1ccccc1OC)C(=O)C2. The number of nitrogens with zero attached hydrogens (tertiary/aromatic N) is 1. The summed E-state index contributed by atoms with van der Waals surface area (Å²) in [5.74, 6) is -0.118. The lowest BCUT2D eigenvalue weighted by Crippen LogP contribution is -2.40. The Morgan fingerprint density at radius 3 is 2.16 bits per heavy atom. The van der Waals surface area contributed by atoms with Gasteiger partial charge in [0.2, 0.25) is 5.91 Å². The minimum atomic E-state index is -0.415. The fraction of sp³-hybridized carbons (Fsp3) is 0.160. The number of carbonyl (C=O) groups is 3. The molecule has 0 aliphatic carbocycles. The van der Waals surface area contributed by atoms with Gasteiger partial charge in [-0.15, -0.1) is 0 Å². The Morgan fingerprint density at radius 1 is 0.844 bits per heavy atom. The minimum Gasteiger partial charge on any atom is -0.496 e. The van der Waals surface area contributed by atoms with Crippen molar-refractivity contribution in [2.75, 3.05) is 19.5 Å². The number of rotatable bonds is 5. The second-order valence-corrected chi connectivity index (χ2v) is 7.30. The molecule has 0 fully saturated rings. The van der Waals surface area contributed by atoms with Gasteiger partial charge in [-0.25, -0.2) is 0 Å². The van der Waals surface area contributed by atoms with E-state index in [1.807, 2.05) is 0 Å². The summed E-state index contributed by atoms with van der Waals surface area (Å²) < 4.78 is 10.5. The van der Waals surface area contributed by atoms with Crippen molar-refractivity contribution < 1.29 is 23.9 Å². The summed E-state index contributed by atoms with van der Waals surface area (Å²) in [7, 11) is 2.99. The molecule has 0 spiro atoms. The monoisotopic (exact) mass is 430 g/mol. The van der Waals surface area contributed by atoms with Crippen LogP contribution in [0.5, 0.6) is 11.5 Å². The van der Waals surface area contributed by atoms with Crippen LogP contribution in [0.1, 0.15) is 31.8 Å². The maximum atomic E-state index is 13.1. The zero-order valence-corrected chi connectivity index (χ0v) is 17.8. The van der Waals surface area contributed by atoms with Gasteiger partial charge in [-0.2, -0.15) is 0 Å². The van der Waals surface area contributed by atoms with E-state index in [1.165, 1.54) is 19.1 Å². The van der Waals surface area contributed by atoms with Crippen LogP contribution >= 0.6 is 0 Å². The van der Waals surface area contributed by atoms with Crippen LogP contribution in [0.3, 0.4) is 0 Å². The number of ether oxygens (including phenoxy) is 2. The first-order valence-corrected chi connectivity index (χ1v) is 10.1. The lowest BCUT2D eigenvalue weighted by Gasteiger charge is -2.28. The van der Waals surface area contributed by atoms with E-state index >= 15 is 0 Å². The number of nitrogens with one attached hydrogen (secondary N) is 1. The highest BCUT2D eigenvalue weighted by Gasteiger charge is 2.30. The highest BCUT2D eigenvalue weighted by atomic mass is 16.5. The lowest BCUT2D eigenvalue weighted by molar-refractivity contribution is -0.129. The van der Waals surface area contributed by atoms with Gasteiger partial charge in [0.25, 0.3) is 11.8 Å². The molecule has 0 unspecified atom stereocenters. The van der Waals surface area contributed by atoms with Crippen LogP contribution in [0.2, 0.25) is 0 Å². The third kappa shape index (κ3) is 4.05. The maximum Gasteiger partial charge on any atom is 0.264 e. The second-order valence-electron chi connectivity index (χ2n) is 7.30. The number of para-hydroxylation sites is 2. The van der Waals surface area contributed by atoms with Crippen molar-refractivity contribution in [1.29, 1.82) is 0 Å². The van der Waals surface area contributed by atoms with Gasteiger partial charge in [0.05, 0.1) is 38.3 Å². The summed E-state index contributed by atoms with van der Waals surface area (Å²) in [4.78, 5) is 39.7. The molecule has 3 amide bonds. The van der Waals surface area contributed by atoms with Crippen LogP contribution in [0.15, 0.2) is 66.7 Å². The number of hydrogen-bond donors (Lipinski definition) is 1. The minimum absolute atomic E-state index is 0.108. The van der Waals surface area contributed by atoms with E-state index in [2.05, 4.69) is 5.32 Å². The summed E-state index contributed by atoms with van der Waals surface area (Å²) in [5, 5.41) is 2.86. The molecule has 7 nitrogen and oxygen atoms in total. The Hall–Kier alpha value is -4.13. The highest BCUT2D eigenvalue weighted by molar-refractivity contribution is 6.08. The molecule has 0 radical (unpaired) electrons. The molecule has 32 heavy (non-hydrogen) atoms. The van der Waals surface area contributed by atoms with E-state index < -0.39 is 5.91 Å². The molecular formula is C25H22N2O5. The smallest absolute Gasteiger partial charge is 0.264 e. The van der Waals surface area contributed by atoms with Crippen LogP contribution in [0.25, 0.3) is 0 Å². The van der Waals surface area contributed by atoms with Gasteiger partial charge in [0.1, 0.15) is 11.5 Å². The van der Waals surface area contributed by atoms with Crippen molar-refractivity contribution in [3.63, 3.8) is 0 Å². The van der Waals surface area contributed by atoms with Crippen molar-refractivity contribution in [2.45, 2.75) is 13.0 Å². The van der Waals surface area contributed by atoms with E-state index in [0.717, 1.165) is 11.1 Å². The first-order valence-electron chi connectivity index (χ1n) is 10.1. The first kappa shape index (κ1) is 21.1. The van der Waals surface area contributed by atoms with Crippen LogP contribution in [0, 0.1) is 0 Å². The van der Waals surface area contributed by atoms with E-state index in [9.17, 15) is 14.4 Å². The van der Waals surface area contributed by atoms with Gasteiger partial charge in [-0.05, 0) is 47.5 Å². The number of benzene rings is 3. The molecule has 4 rings (SSSR count). The van der Waals surface area contributed by atoms with Crippen LogP contribution < -0.4 is 14.8 Å².